The van der Waals surface area contributed by atoms with Crippen LogP contribution in [0.3, 0.4) is 0 Å². The van der Waals surface area contributed by atoms with Crippen LogP contribution in [0.25, 0.3) is 28.2 Å². The highest BCUT2D eigenvalue weighted by atomic mass is 35.5. The molecular formula is C16H11ClN2O2S. The summed E-state index contributed by atoms with van der Waals surface area (Å²) >= 11 is 1.61. The monoisotopic (exact) mass is 330 g/mol. The number of hydrogen-bond acceptors (Lipinski definition) is 3. The average molecular weight is 331 g/mol. The zero-order valence-corrected chi connectivity index (χ0v) is 12.9. The Morgan fingerprint density at radius 2 is 2.14 bits per heavy atom. The van der Waals surface area contributed by atoms with E-state index in [1.165, 1.54) is 6.20 Å². The van der Waals surface area contributed by atoms with E-state index in [1.54, 1.807) is 17.8 Å². The highest BCUT2D eigenvalue weighted by Gasteiger charge is 2.16. The standard InChI is InChI=1S/C16H10N2O2S.ClH/c19-16(20)11-5-10-2-4-21-14-7-13-9(1-3-17-13)6-12(14)15(10)18-8-11;/h1-8,17H,(H,19,20);1H. The zero-order chi connectivity index (χ0) is 14.4. The number of aromatic carboxylic acids is 1. The molecule has 1 aliphatic heterocycles. The topological polar surface area (TPSA) is 66.0 Å². The molecule has 1 aliphatic rings. The van der Waals surface area contributed by atoms with Gasteiger partial charge in [0.25, 0.3) is 0 Å². The Bertz CT molecular complexity index is 918. The maximum Gasteiger partial charge on any atom is 0.337 e. The molecule has 0 bridgehead atoms. The van der Waals surface area contributed by atoms with Crippen molar-refractivity contribution in [1.82, 2.24) is 9.97 Å². The van der Waals surface area contributed by atoms with Gasteiger partial charge in [0, 0.05) is 39.3 Å². The number of carboxylic acids is 1. The van der Waals surface area contributed by atoms with Crippen molar-refractivity contribution in [2.45, 2.75) is 4.90 Å². The van der Waals surface area contributed by atoms with Gasteiger partial charge in [-0.15, -0.1) is 12.4 Å². The van der Waals surface area contributed by atoms with Gasteiger partial charge >= 0.3 is 5.97 Å². The van der Waals surface area contributed by atoms with E-state index in [0.717, 1.165) is 32.6 Å². The van der Waals surface area contributed by atoms with Gasteiger partial charge in [-0.05, 0) is 35.7 Å². The van der Waals surface area contributed by atoms with Gasteiger partial charge in [0.1, 0.15) is 0 Å². The van der Waals surface area contributed by atoms with E-state index in [2.05, 4.69) is 22.1 Å². The van der Waals surface area contributed by atoms with Crippen molar-refractivity contribution in [2.75, 3.05) is 0 Å². The predicted octanol–water partition coefficient (Wildman–Crippen LogP) is 4.43. The minimum absolute atomic E-state index is 0. The third kappa shape index (κ3) is 2.28. The van der Waals surface area contributed by atoms with Crippen molar-refractivity contribution in [3.05, 3.63) is 53.2 Å². The number of pyridine rings is 1. The molecular weight excluding hydrogens is 320 g/mol. The number of halogens is 1. The Morgan fingerprint density at radius 3 is 2.95 bits per heavy atom. The molecule has 4 nitrogen and oxygen atoms in total. The fourth-order valence-corrected chi connectivity index (χ4v) is 3.32. The van der Waals surface area contributed by atoms with Crippen LogP contribution in [0.5, 0.6) is 0 Å². The van der Waals surface area contributed by atoms with Crippen LogP contribution in [0.15, 0.2) is 47.0 Å². The highest BCUT2D eigenvalue weighted by molar-refractivity contribution is 8.02. The third-order valence-corrected chi connectivity index (χ3v) is 4.38. The molecule has 0 fully saturated rings. The van der Waals surface area contributed by atoms with Crippen LogP contribution < -0.4 is 0 Å². The molecule has 1 aromatic carbocycles. The van der Waals surface area contributed by atoms with E-state index in [-0.39, 0.29) is 18.0 Å². The number of fused-ring (bicyclic) bond motifs is 4. The maximum atomic E-state index is 11.1. The Labute approximate surface area is 136 Å². The van der Waals surface area contributed by atoms with Crippen molar-refractivity contribution in [2.24, 2.45) is 0 Å². The number of nitrogens with one attached hydrogen (secondary N) is 1. The van der Waals surface area contributed by atoms with Crippen LogP contribution in [0, 0.1) is 0 Å². The fourth-order valence-electron chi connectivity index (χ4n) is 2.49. The summed E-state index contributed by atoms with van der Waals surface area (Å²) in [4.78, 5) is 19.8. The van der Waals surface area contributed by atoms with Crippen molar-refractivity contribution in [3.63, 3.8) is 0 Å². The molecule has 0 saturated carbocycles. The third-order valence-electron chi connectivity index (χ3n) is 3.52. The SMILES string of the molecule is Cl.O=C(O)c1cnc2c(c1)C=CSc1cc3[nH]ccc3cc1-2. The van der Waals surface area contributed by atoms with E-state index in [4.69, 9.17) is 5.11 Å². The summed E-state index contributed by atoms with van der Waals surface area (Å²) < 4.78 is 0. The number of rotatable bonds is 1. The first kappa shape index (κ1) is 14.7. The summed E-state index contributed by atoms with van der Waals surface area (Å²) in [5, 5.41) is 12.2. The summed E-state index contributed by atoms with van der Waals surface area (Å²) in [6.07, 6.45) is 5.23. The molecule has 0 unspecified atom stereocenters. The Hall–Kier alpha value is -2.24. The summed E-state index contributed by atoms with van der Waals surface area (Å²) in [5.74, 6) is -0.961. The molecule has 110 valence electrons. The lowest BCUT2D eigenvalue weighted by Crippen LogP contribution is -1.99. The number of benzene rings is 1. The number of nitrogens with zero attached hydrogens (tertiary/aromatic N) is 1. The molecule has 3 aromatic rings. The molecule has 4 rings (SSSR count). The predicted molar refractivity (Wildman–Crippen MR) is 90.6 cm³/mol. The number of aromatic nitrogens is 2. The molecule has 2 aromatic heterocycles. The zero-order valence-electron chi connectivity index (χ0n) is 11.2. The largest absolute Gasteiger partial charge is 0.478 e. The van der Waals surface area contributed by atoms with Crippen molar-refractivity contribution >= 4 is 47.1 Å². The van der Waals surface area contributed by atoms with E-state index < -0.39 is 5.97 Å². The summed E-state index contributed by atoms with van der Waals surface area (Å²) in [6.45, 7) is 0. The smallest absolute Gasteiger partial charge is 0.337 e. The molecule has 6 heteroatoms. The van der Waals surface area contributed by atoms with Crippen molar-refractivity contribution < 1.29 is 9.90 Å². The van der Waals surface area contributed by atoms with E-state index in [1.807, 2.05) is 23.7 Å². The second kappa shape index (κ2) is 5.51. The van der Waals surface area contributed by atoms with Crippen LogP contribution in [0.1, 0.15) is 15.9 Å². The second-order valence-electron chi connectivity index (χ2n) is 4.80. The molecule has 0 atom stereocenters. The van der Waals surface area contributed by atoms with Gasteiger partial charge in [0.05, 0.1) is 11.3 Å². The Morgan fingerprint density at radius 1 is 1.27 bits per heavy atom. The molecule has 0 radical (unpaired) electrons. The maximum absolute atomic E-state index is 11.1. The van der Waals surface area contributed by atoms with Gasteiger partial charge in [-0.2, -0.15) is 0 Å². The van der Waals surface area contributed by atoms with Crippen LogP contribution in [0.2, 0.25) is 0 Å². The second-order valence-corrected chi connectivity index (χ2v) is 5.75. The lowest BCUT2D eigenvalue weighted by Gasteiger charge is -2.08. The van der Waals surface area contributed by atoms with Gasteiger partial charge in [0.15, 0.2) is 0 Å². The first-order valence-corrected chi connectivity index (χ1v) is 7.28. The lowest BCUT2D eigenvalue weighted by molar-refractivity contribution is 0.0696. The molecule has 0 saturated heterocycles. The summed E-state index contributed by atoms with van der Waals surface area (Å²) in [6, 6.07) is 7.87. The molecule has 22 heavy (non-hydrogen) atoms. The number of aromatic amines is 1. The summed E-state index contributed by atoms with van der Waals surface area (Å²) in [5.41, 5.74) is 3.97. The highest BCUT2D eigenvalue weighted by Crippen LogP contribution is 2.39. The van der Waals surface area contributed by atoms with Gasteiger partial charge in [-0.25, -0.2) is 4.79 Å². The van der Waals surface area contributed by atoms with Crippen LogP contribution >= 0.6 is 24.2 Å². The lowest BCUT2D eigenvalue weighted by atomic mass is 10.0. The summed E-state index contributed by atoms with van der Waals surface area (Å²) in [7, 11) is 0. The number of thioether (sulfide) groups is 1. The minimum Gasteiger partial charge on any atom is -0.478 e. The van der Waals surface area contributed by atoms with Crippen LogP contribution in [-0.4, -0.2) is 21.0 Å². The normalized spacial score (nSPS) is 12.2. The Kier molecular flexibility index (Phi) is 3.68. The van der Waals surface area contributed by atoms with Gasteiger partial charge in [-0.1, -0.05) is 11.8 Å². The molecule has 2 N–H and O–H groups in total. The van der Waals surface area contributed by atoms with Crippen LogP contribution in [0.4, 0.5) is 0 Å². The van der Waals surface area contributed by atoms with Crippen molar-refractivity contribution in [3.8, 4) is 11.3 Å². The van der Waals surface area contributed by atoms with E-state index in [9.17, 15) is 4.79 Å². The first-order chi connectivity index (χ1) is 10.2. The Balaban J connectivity index is 0.00000144. The van der Waals surface area contributed by atoms with Crippen LogP contribution in [-0.2, 0) is 0 Å². The van der Waals surface area contributed by atoms with Gasteiger partial charge in [0.2, 0.25) is 0 Å². The molecule has 0 amide bonds. The van der Waals surface area contributed by atoms with E-state index in [0.29, 0.717) is 0 Å². The van der Waals surface area contributed by atoms with Gasteiger partial charge < -0.3 is 10.1 Å². The fraction of sp³-hybridized carbons (Fsp3) is 0. The van der Waals surface area contributed by atoms with Crippen molar-refractivity contribution in [1.29, 1.82) is 0 Å². The van der Waals surface area contributed by atoms with E-state index >= 15 is 0 Å². The number of carbonyl (C=O) groups is 1. The molecule has 3 heterocycles. The quantitative estimate of drug-likeness (QED) is 0.693. The van der Waals surface area contributed by atoms with Gasteiger partial charge in [-0.3, -0.25) is 4.98 Å². The molecule has 0 spiro atoms. The number of carboxylic acid groups (broad SMARTS) is 1. The minimum atomic E-state index is -0.961. The average Bonchev–Trinajstić information content (AvgIpc) is 2.85. The number of hydrogen-bond donors (Lipinski definition) is 2. The first-order valence-electron chi connectivity index (χ1n) is 6.40. The number of H-pyrrole nitrogens is 1. The molecule has 0 aliphatic carbocycles.